The van der Waals surface area contributed by atoms with Crippen molar-refractivity contribution in [1.82, 2.24) is 10.3 Å². The van der Waals surface area contributed by atoms with Gasteiger partial charge >= 0.3 is 11.8 Å². The highest BCUT2D eigenvalue weighted by Gasteiger charge is 2.15. The molecule has 0 fully saturated rings. The van der Waals surface area contributed by atoms with Crippen molar-refractivity contribution in [3.05, 3.63) is 50.5 Å². The van der Waals surface area contributed by atoms with Gasteiger partial charge in [-0.05, 0) is 6.07 Å². The van der Waals surface area contributed by atoms with Crippen molar-refractivity contribution in [3.8, 4) is 0 Å². The van der Waals surface area contributed by atoms with Crippen molar-refractivity contribution in [1.29, 1.82) is 0 Å². The maximum Gasteiger partial charge on any atom is 0.313 e. The number of rotatable bonds is 5. The zero-order valence-electron chi connectivity index (χ0n) is 13.1. The number of nitrogens with one attached hydrogen (secondary N) is 2. The number of nitro benzene ring substituents is 1. The molecule has 126 valence electrons. The van der Waals surface area contributed by atoms with Crippen LogP contribution in [-0.4, -0.2) is 21.7 Å². The van der Waals surface area contributed by atoms with Gasteiger partial charge in [-0.15, -0.1) is 11.3 Å². The Morgan fingerprint density at radius 3 is 2.71 bits per heavy atom. The lowest BCUT2D eigenvalue weighted by Gasteiger charge is -2.05. The summed E-state index contributed by atoms with van der Waals surface area (Å²) in [6.45, 7) is 4.19. The van der Waals surface area contributed by atoms with E-state index in [0.29, 0.717) is 11.6 Å². The van der Waals surface area contributed by atoms with Gasteiger partial charge in [0.15, 0.2) is 0 Å². The molecule has 0 spiro atoms. The van der Waals surface area contributed by atoms with E-state index in [9.17, 15) is 19.7 Å². The van der Waals surface area contributed by atoms with Gasteiger partial charge in [-0.3, -0.25) is 19.7 Å². The topological polar surface area (TPSA) is 114 Å². The number of hydrogen-bond acceptors (Lipinski definition) is 6. The van der Waals surface area contributed by atoms with Crippen LogP contribution in [0.5, 0.6) is 0 Å². The zero-order valence-corrected chi connectivity index (χ0v) is 13.9. The first-order chi connectivity index (χ1) is 11.4. The van der Waals surface area contributed by atoms with Gasteiger partial charge in [-0.1, -0.05) is 19.9 Å². The highest BCUT2D eigenvalue weighted by molar-refractivity contribution is 7.09. The van der Waals surface area contributed by atoms with Crippen LogP contribution in [0.15, 0.2) is 29.6 Å². The summed E-state index contributed by atoms with van der Waals surface area (Å²) in [6, 6.07) is 5.37. The van der Waals surface area contributed by atoms with Gasteiger partial charge in [0, 0.05) is 29.1 Å². The Morgan fingerprint density at radius 2 is 2.08 bits per heavy atom. The van der Waals surface area contributed by atoms with Crippen molar-refractivity contribution in [3.63, 3.8) is 0 Å². The number of nitro groups is 1. The van der Waals surface area contributed by atoms with E-state index in [0.717, 1.165) is 5.01 Å². The number of thiazole rings is 1. The number of carbonyl (C=O) groups excluding carboxylic acids is 2. The average Bonchev–Trinajstić information content (AvgIpc) is 3.02. The first-order valence-corrected chi connectivity index (χ1v) is 8.02. The van der Waals surface area contributed by atoms with E-state index < -0.39 is 16.7 Å². The molecule has 1 aromatic carbocycles. The summed E-state index contributed by atoms with van der Waals surface area (Å²) >= 11 is 1.50. The molecule has 0 saturated carbocycles. The fourth-order valence-electron chi connectivity index (χ4n) is 1.81. The highest BCUT2D eigenvalue weighted by atomic mass is 32.1. The predicted molar refractivity (Wildman–Crippen MR) is 89.8 cm³/mol. The van der Waals surface area contributed by atoms with Gasteiger partial charge < -0.3 is 10.6 Å². The molecule has 8 nitrogen and oxygen atoms in total. The molecule has 0 radical (unpaired) electrons. The number of anilines is 1. The van der Waals surface area contributed by atoms with Gasteiger partial charge in [0.1, 0.15) is 0 Å². The van der Waals surface area contributed by atoms with Gasteiger partial charge in [-0.25, -0.2) is 4.98 Å². The van der Waals surface area contributed by atoms with Gasteiger partial charge in [0.2, 0.25) is 0 Å². The number of aromatic nitrogens is 1. The SMILES string of the molecule is CC(C)c1nc(CNC(=O)C(=O)Nc2cccc([N+](=O)[O-])c2)cs1. The van der Waals surface area contributed by atoms with Gasteiger partial charge in [0.25, 0.3) is 5.69 Å². The summed E-state index contributed by atoms with van der Waals surface area (Å²) in [5.74, 6) is -1.42. The Hall–Kier alpha value is -2.81. The van der Waals surface area contributed by atoms with Crippen molar-refractivity contribution in [2.45, 2.75) is 26.3 Å². The minimum absolute atomic E-state index is 0.143. The third-order valence-corrected chi connectivity index (χ3v) is 4.21. The maximum absolute atomic E-state index is 11.8. The van der Waals surface area contributed by atoms with E-state index in [4.69, 9.17) is 0 Å². The summed E-state index contributed by atoms with van der Waals surface area (Å²) < 4.78 is 0. The second-order valence-electron chi connectivity index (χ2n) is 5.28. The second kappa shape index (κ2) is 7.64. The van der Waals surface area contributed by atoms with E-state index in [1.165, 1.54) is 35.6 Å². The van der Waals surface area contributed by atoms with Gasteiger partial charge in [0.05, 0.1) is 22.2 Å². The fraction of sp³-hybridized carbons (Fsp3) is 0.267. The number of benzene rings is 1. The van der Waals surface area contributed by atoms with E-state index in [1.54, 1.807) is 0 Å². The summed E-state index contributed by atoms with van der Waals surface area (Å²) in [7, 11) is 0. The summed E-state index contributed by atoms with van der Waals surface area (Å²) in [6.07, 6.45) is 0. The van der Waals surface area contributed by atoms with E-state index in [1.807, 2.05) is 19.2 Å². The maximum atomic E-state index is 11.8. The number of amides is 2. The fourth-order valence-corrected chi connectivity index (χ4v) is 2.64. The van der Waals surface area contributed by atoms with Crippen LogP contribution < -0.4 is 10.6 Å². The number of nitrogens with zero attached hydrogens (tertiary/aromatic N) is 2. The average molecular weight is 348 g/mol. The third-order valence-electron chi connectivity index (χ3n) is 3.01. The molecule has 0 bridgehead atoms. The standard InChI is InChI=1S/C15H16N4O4S/c1-9(2)15-18-11(8-24-15)7-16-13(20)14(21)17-10-4-3-5-12(6-10)19(22)23/h3-6,8-9H,7H2,1-2H3,(H,16,20)(H,17,21). The van der Waals surface area contributed by atoms with Crippen molar-refractivity contribution >= 4 is 34.5 Å². The normalized spacial score (nSPS) is 10.5. The molecule has 0 aliphatic rings. The van der Waals surface area contributed by atoms with Gasteiger partial charge in [-0.2, -0.15) is 0 Å². The van der Waals surface area contributed by atoms with Crippen molar-refractivity contribution < 1.29 is 14.5 Å². The monoisotopic (exact) mass is 348 g/mol. The minimum atomic E-state index is -0.894. The molecule has 0 atom stereocenters. The van der Waals surface area contributed by atoms with E-state index >= 15 is 0 Å². The van der Waals surface area contributed by atoms with Crippen molar-refractivity contribution in [2.24, 2.45) is 0 Å². The number of non-ortho nitro benzene ring substituents is 1. The first-order valence-electron chi connectivity index (χ1n) is 7.14. The molecule has 0 aliphatic carbocycles. The molecule has 0 unspecified atom stereocenters. The molecule has 1 heterocycles. The summed E-state index contributed by atoms with van der Waals surface area (Å²) in [4.78, 5) is 38.1. The third kappa shape index (κ3) is 4.59. The molecule has 24 heavy (non-hydrogen) atoms. The molecular weight excluding hydrogens is 332 g/mol. The molecule has 2 rings (SSSR count). The Bertz CT molecular complexity index is 772. The molecular formula is C15H16N4O4S. The summed E-state index contributed by atoms with van der Waals surface area (Å²) in [5.41, 5.74) is 0.692. The lowest BCUT2D eigenvalue weighted by atomic mass is 10.2. The van der Waals surface area contributed by atoms with Crippen LogP contribution in [0, 0.1) is 10.1 Å². The largest absolute Gasteiger partial charge is 0.342 e. The van der Waals surface area contributed by atoms with Crippen LogP contribution >= 0.6 is 11.3 Å². The Balaban J connectivity index is 1.91. The molecule has 2 aromatic rings. The summed E-state index contributed by atoms with van der Waals surface area (Å²) in [5, 5.41) is 18.3. The van der Waals surface area contributed by atoms with Crippen LogP contribution in [0.3, 0.4) is 0 Å². The second-order valence-corrected chi connectivity index (χ2v) is 6.17. The predicted octanol–water partition coefficient (Wildman–Crippen LogP) is 2.43. The number of carbonyl (C=O) groups is 2. The zero-order chi connectivity index (χ0) is 17.7. The molecule has 2 N–H and O–H groups in total. The van der Waals surface area contributed by atoms with E-state index in [2.05, 4.69) is 15.6 Å². The Kier molecular flexibility index (Phi) is 5.59. The lowest BCUT2D eigenvalue weighted by Crippen LogP contribution is -2.35. The molecule has 2 amide bonds. The van der Waals surface area contributed by atoms with Crippen molar-refractivity contribution in [2.75, 3.05) is 5.32 Å². The minimum Gasteiger partial charge on any atom is -0.342 e. The Labute approximate surface area is 142 Å². The quantitative estimate of drug-likeness (QED) is 0.489. The molecule has 0 saturated heterocycles. The first kappa shape index (κ1) is 17.5. The van der Waals surface area contributed by atoms with Crippen LogP contribution in [0.2, 0.25) is 0 Å². The molecule has 0 aliphatic heterocycles. The Morgan fingerprint density at radius 1 is 1.33 bits per heavy atom. The highest BCUT2D eigenvalue weighted by Crippen LogP contribution is 2.19. The van der Waals surface area contributed by atoms with Crippen LogP contribution in [0.1, 0.15) is 30.5 Å². The van der Waals surface area contributed by atoms with Crippen LogP contribution in [0.25, 0.3) is 0 Å². The number of hydrogen-bond donors (Lipinski definition) is 2. The van der Waals surface area contributed by atoms with Crippen LogP contribution in [-0.2, 0) is 16.1 Å². The smallest absolute Gasteiger partial charge is 0.313 e. The lowest BCUT2D eigenvalue weighted by molar-refractivity contribution is -0.384. The molecule has 1 aromatic heterocycles. The van der Waals surface area contributed by atoms with E-state index in [-0.39, 0.29) is 17.9 Å². The van der Waals surface area contributed by atoms with Crippen LogP contribution in [0.4, 0.5) is 11.4 Å². The molecule has 9 heteroatoms.